The fraction of sp³-hybridized carbons (Fsp3) is 0.462. The van der Waals surface area contributed by atoms with E-state index in [4.69, 9.17) is 21.4 Å². The number of hydrogen-bond acceptors (Lipinski definition) is 4. The number of halogens is 1. The first-order chi connectivity index (χ1) is 9.78. The fourth-order valence-electron chi connectivity index (χ4n) is 2.17. The van der Waals surface area contributed by atoms with Crippen LogP contribution in [-0.4, -0.2) is 44.0 Å². The molecule has 1 saturated carbocycles. The molecule has 21 heavy (non-hydrogen) atoms. The summed E-state index contributed by atoms with van der Waals surface area (Å²) in [5, 5.41) is 8.94. The Balaban J connectivity index is 2.50. The smallest absolute Gasteiger partial charge is 0.339 e. The minimum absolute atomic E-state index is 0.0313. The maximum Gasteiger partial charge on any atom is 0.339 e. The molecule has 0 aromatic heterocycles. The molecule has 1 aliphatic carbocycles. The van der Waals surface area contributed by atoms with Crippen molar-refractivity contribution in [3.05, 3.63) is 22.7 Å². The van der Waals surface area contributed by atoms with Gasteiger partial charge in [-0.2, -0.15) is 4.31 Å². The maximum absolute atomic E-state index is 12.6. The van der Waals surface area contributed by atoms with Gasteiger partial charge >= 0.3 is 5.97 Å². The van der Waals surface area contributed by atoms with Crippen LogP contribution in [0.15, 0.2) is 17.0 Å². The van der Waals surface area contributed by atoms with Crippen LogP contribution in [-0.2, 0) is 10.0 Å². The topological polar surface area (TPSA) is 83.9 Å². The molecule has 0 bridgehead atoms. The summed E-state index contributed by atoms with van der Waals surface area (Å²) in [7, 11) is -0.990. The molecule has 1 fully saturated rings. The van der Waals surface area contributed by atoms with E-state index < -0.39 is 16.0 Å². The van der Waals surface area contributed by atoms with Gasteiger partial charge in [-0.05, 0) is 18.9 Å². The van der Waals surface area contributed by atoms with Crippen molar-refractivity contribution in [2.75, 3.05) is 14.2 Å². The number of aromatic carboxylic acids is 1. The Morgan fingerprint density at radius 3 is 2.48 bits per heavy atom. The highest BCUT2D eigenvalue weighted by Crippen LogP contribution is 2.34. The van der Waals surface area contributed by atoms with Gasteiger partial charge in [-0.15, -0.1) is 0 Å². The molecule has 6 nitrogen and oxygen atoms in total. The maximum atomic E-state index is 12.6. The van der Waals surface area contributed by atoms with E-state index in [1.807, 2.05) is 0 Å². The summed E-state index contributed by atoms with van der Waals surface area (Å²) in [5.74, 6) is -1.27. The van der Waals surface area contributed by atoms with Gasteiger partial charge in [0.25, 0.3) is 0 Å². The highest BCUT2D eigenvalue weighted by atomic mass is 35.5. The van der Waals surface area contributed by atoms with Gasteiger partial charge < -0.3 is 9.84 Å². The lowest BCUT2D eigenvalue weighted by atomic mass is 9.94. The van der Waals surface area contributed by atoms with Crippen molar-refractivity contribution in [3.8, 4) is 5.75 Å². The lowest BCUT2D eigenvalue weighted by molar-refractivity contribution is 0.0693. The number of nitrogens with zero attached hydrogens (tertiary/aromatic N) is 1. The Hall–Kier alpha value is -1.31. The van der Waals surface area contributed by atoms with Gasteiger partial charge in [0, 0.05) is 19.2 Å². The first-order valence-electron chi connectivity index (χ1n) is 6.38. The van der Waals surface area contributed by atoms with E-state index in [0.717, 1.165) is 31.4 Å². The zero-order valence-electron chi connectivity index (χ0n) is 11.7. The summed E-state index contributed by atoms with van der Waals surface area (Å²) in [6.45, 7) is 0. The average Bonchev–Trinajstić information content (AvgIpc) is 2.35. The van der Waals surface area contributed by atoms with Crippen molar-refractivity contribution in [3.63, 3.8) is 0 Å². The zero-order chi connectivity index (χ0) is 15.8. The van der Waals surface area contributed by atoms with Crippen LogP contribution >= 0.6 is 11.6 Å². The first-order valence-corrected chi connectivity index (χ1v) is 8.19. The van der Waals surface area contributed by atoms with Crippen molar-refractivity contribution in [2.24, 2.45) is 0 Å². The van der Waals surface area contributed by atoms with Crippen LogP contribution in [0.25, 0.3) is 0 Å². The van der Waals surface area contributed by atoms with Gasteiger partial charge in [0.1, 0.15) is 16.2 Å². The van der Waals surface area contributed by atoms with Gasteiger partial charge in [-0.3, -0.25) is 0 Å². The molecule has 0 unspecified atom stereocenters. The number of carboxylic acids is 1. The fourth-order valence-corrected chi connectivity index (χ4v) is 4.10. The quantitative estimate of drug-likeness (QED) is 0.893. The zero-order valence-corrected chi connectivity index (χ0v) is 13.2. The second-order valence-electron chi connectivity index (χ2n) is 4.89. The molecule has 1 aromatic carbocycles. The lowest BCUT2D eigenvalue weighted by Gasteiger charge is -2.34. The Morgan fingerprint density at radius 2 is 2.05 bits per heavy atom. The number of carboxylic acid groups (broad SMARTS) is 1. The molecule has 0 amide bonds. The second kappa shape index (κ2) is 5.82. The van der Waals surface area contributed by atoms with E-state index in [9.17, 15) is 13.2 Å². The summed E-state index contributed by atoms with van der Waals surface area (Å²) >= 11 is 5.97. The highest BCUT2D eigenvalue weighted by molar-refractivity contribution is 7.89. The van der Waals surface area contributed by atoms with Crippen LogP contribution in [0.2, 0.25) is 5.02 Å². The molecule has 116 valence electrons. The van der Waals surface area contributed by atoms with Gasteiger partial charge in [0.2, 0.25) is 10.0 Å². The van der Waals surface area contributed by atoms with E-state index >= 15 is 0 Å². The van der Waals surface area contributed by atoms with Crippen LogP contribution < -0.4 is 4.74 Å². The predicted octanol–water partition coefficient (Wildman–Crippen LogP) is 2.22. The summed E-state index contributed by atoms with van der Waals surface area (Å²) in [4.78, 5) is 11.0. The molecule has 0 saturated heterocycles. The van der Waals surface area contributed by atoms with E-state index in [0.29, 0.717) is 0 Å². The SMILES string of the molecule is COc1cc(S(=O)(=O)N(C)C2CCC2)c(Cl)cc1C(=O)O. The molecule has 1 N–H and O–H groups in total. The summed E-state index contributed by atoms with van der Waals surface area (Å²) in [5.41, 5.74) is -0.173. The number of ether oxygens (including phenoxy) is 1. The van der Waals surface area contributed by atoms with E-state index in [1.165, 1.54) is 18.5 Å². The molecule has 0 spiro atoms. The van der Waals surface area contributed by atoms with Gasteiger partial charge in [-0.25, -0.2) is 13.2 Å². The highest BCUT2D eigenvalue weighted by Gasteiger charge is 2.34. The number of carbonyl (C=O) groups is 1. The monoisotopic (exact) mass is 333 g/mol. The first kappa shape index (κ1) is 16.1. The molecule has 2 rings (SSSR count). The Morgan fingerprint density at radius 1 is 1.43 bits per heavy atom. The number of rotatable bonds is 5. The van der Waals surface area contributed by atoms with Crippen LogP contribution in [0.3, 0.4) is 0 Å². The molecule has 0 heterocycles. The average molecular weight is 334 g/mol. The summed E-state index contributed by atoms with van der Waals surface area (Å²) in [6, 6.07) is 2.23. The van der Waals surface area contributed by atoms with Crippen LogP contribution in [0.1, 0.15) is 29.6 Å². The molecule has 1 aromatic rings. The van der Waals surface area contributed by atoms with Gasteiger partial charge in [0.05, 0.1) is 12.1 Å². The molecule has 0 atom stereocenters. The third kappa shape index (κ3) is 2.86. The van der Waals surface area contributed by atoms with Crippen molar-refractivity contribution >= 4 is 27.6 Å². The van der Waals surface area contributed by atoms with Gasteiger partial charge in [0.15, 0.2) is 0 Å². The third-order valence-corrected chi connectivity index (χ3v) is 6.11. The minimum Gasteiger partial charge on any atom is -0.496 e. The molecular weight excluding hydrogens is 318 g/mol. The second-order valence-corrected chi connectivity index (χ2v) is 7.27. The molecule has 8 heteroatoms. The molecule has 1 aliphatic rings. The minimum atomic E-state index is -3.78. The lowest BCUT2D eigenvalue weighted by Crippen LogP contribution is -2.41. The van der Waals surface area contributed by atoms with E-state index in [2.05, 4.69) is 0 Å². The van der Waals surface area contributed by atoms with Gasteiger partial charge in [-0.1, -0.05) is 18.0 Å². The number of benzene rings is 1. The van der Waals surface area contributed by atoms with Crippen molar-refractivity contribution < 1.29 is 23.1 Å². The molecule has 0 radical (unpaired) electrons. The van der Waals surface area contributed by atoms with E-state index in [1.54, 1.807) is 0 Å². The van der Waals surface area contributed by atoms with Crippen molar-refractivity contribution in [2.45, 2.75) is 30.2 Å². The largest absolute Gasteiger partial charge is 0.496 e. The summed E-state index contributed by atoms with van der Waals surface area (Å²) < 4.78 is 31.4. The Bertz CT molecular complexity index is 669. The number of methoxy groups -OCH3 is 1. The summed E-state index contributed by atoms with van der Waals surface area (Å²) in [6.07, 6.45) is 2.63. The molecular formula is C13H16ClNO5S. The van der Waals surface area contributed by atoms with Crippen molar-refractivity contribution in [1.29, 1.82) is 0 Å². The van der Waals surface area contributed by atoms with Crippen LogP contribution in [0.4, 0.5) is 0 Å². The standard InChI is InChI=1S/C13H16ClNO5S/c1-15(8-4-3-5-8)21(18,19)12-7-11(20-2)9(13(16)17)6-10(12)14/h6-8H,3-5H2,1-2H3,(H,16,17). The van der Waals surface area contributed by atoms with Crippen LogP contribution in [0.5, 0.6) is 5.75 Å². The normalized spacial score (nSPS) is 15.8. The Kier molecular flexibility index (Phi) is 4.46. The Labute approximate surface area is 128 Å². The van der Waals surface area contributed by atoms with Crippen molar-refractivity contribution in [1.82, 2.24) is 4.31 Å². The number of hydrogen-bond donors (Lipinski definition) is 1. The molecule has 0 aliphatic heterocycles. The van der Waals surface area contributed by atoms with E-state index in [-0.39, 0.29) is 27.3 Å². The van der Waals surface area contributed by atoms with Crippen LogP contribution in [0, 0.1) is 0 Å². The predicted molar refractivity (Wildman–Crippen MR) is 77.6 cm³/mol. The third-order valence-electron chi connectivity index (χ3n) is 3.73. The number of sulfonamides is 1.